The van der Waals surface area contributed by atoms with Gasteiger partial charge in [-0.25, -0.2) is 0 Å². The third kappa shape index (κ3) is 51.3. The number of esters is 3. The Balaban J connectivity index is 4.19. The maximum absolute atomic E-state index is 12.8. The molecule has 1 atom stereocenters. The summed E-state index contributed by atoms with van der Waals surface area (Å²) < 4.78 is 16.7. The molecule has 0 amide bonds. The molecule has 0 aliphatic rings. The number of carbonyl (C=O) groups is 3. The van der Waals surface area contributed by atoms with Gasteiger partial charge in [0.25, 0.3) is 0 Å². The van der Waals surface area contributed by atoms with Crippen LogP contribution in [-0.2, 0) is 28.6 Å². The summed E-state index contributed by atoms with van der Waals surface area (Å²) in [7, 11) is 0. The Morgan fingerprint density at radius 2 is 0.591 bits per heavy atom. The van der Waals surface area contributed by atoms with Crippen molar-refractivity contribution in [3.8, 4) is 0 Å². The van der Waals surface area contributed by atoms with Gasteiger partial charge >= 0.3 is 17.9 Å². The van der Waals surface area contributed by atoms with Crippen molar-refractivity contribution in [1.82, 2.24) is 0 Å². The molecule has 0 rings (SSSR count). The molecule has 0 aliphatic heterocycles. The van der Waals surface area contributed by atoms with Crippen LogP contribution in [0.5, 0.6) is 0 Å². The Kier molecular flexibility index (Phi) is 50.9. The van der Waals surface area contributed by atoms with Crippen LogP contribution >= 0.6 is 0 Å². The summed E-state index contributed by atoms with van der Waals surface area (Å²) in [5.41, 5.74) is 0. The Hall–Kier alpha value is -3.67. The molecule has 0 saturated carbocycles. The summed E-state index contributed by atoms with van der Waals surface area (Å²) in [6.07, 6.45) is 71.4. The Morgan fingerprint density at radius 3 is 0.939 bits per heavy atom. The van der Waals surface area contributed by atoms with Crippen molar-refractivity contribution in [3.05, 3.63) is 97.2 Å². The van der Waals surface area contributed by atoms with Gasteiger partial charge in [-0.15, -0.1) is 0 Å². The van der Waals surface area contributed by atoms with Crippen LogP contribution in [0.25, 0.3) is 0 Å². The van der Waals surface area contributed by atoms with Gasteiger partial charge in [0.1, 0.15) is 13.2 Å². The second-order valence-corrected chi connectivity index (χ2v) is 17.8. The fourth-order valence-corrected chi connectivity index (χ4v) is 7.24. The number of unbranched alkanes of at least 4 members (excludes halogenated alkanes) is 21. The topological polar surface area (TPSA) is 78.9 Å². The SMILES string of the molecule is CC/C=C\C/C=C\C/C=C\C/C=C\C/C=C\C/C=C\CCCCCCCCC(=O)OCC(COC(=O)CCCCCCC)OC(=O)CCCCCCCCC/C=C\C/C=C\CCCCCC. The first-order valence-electron chi connectivity index (χ1n) is 27.2. The Morgan fingerprint density at radius 1 is 0.318 bits per heavy atom. The van der Waals surface area contributed by atoms with E-state index in [4.69, 9.17) is 14.2 Å². The zero-order chi connectivity index (χ0) is 47.9. The lowest BCUT2D eigenvalue weighted by Crippen LogP contribution is -2.30. The van der Waals surface area contributed by atoms with Gasteiger partial charge in [0, 0.05) is 19.3 Å². The zero-order valence-electron chi connectivity index (χ0n) is 42.9. The highest BCUT2D eigenvalue weighted by atomic mass is 16.6. The molecule has 0 heterocycles. The summed E-state index contributed by atoms with van der Waals surface area (Å²) in [5.74, 6) is -0.925. The molecule has 0 aliphatic carbocycles. The Labute approximate surface area is 407 Å². The molecule has 0 saturated heterocycles. The van der Waals surface area contributed by atoms with E-state index >= 15 is 0 Å². The van der Waals surface area contributed by atoms with Gasteiger partial charge in [0.05, 0.1) is 0 Å². The van der Waals surface area contributed by atoms with Crippen LogP contribution in [-0.4, -0.2) is 37.2 Å². The van der Waals surface area contributed by atoms with Gasteiger partial charge in [-0.2, -0.15) is 0 Å². The molecule has 0 radical (unpaired) electrons. The molecule has 0 N–H and O–H groups in total. The number of allylic oxidation sites excluding steroid dienone is 16. The van der Waals surface area contributed by atoms with Crippen molar-refractivity contribution in [2.75, 3.05) is 13.2 Å². The van der Waals surface area contributed by atoms with Crippen LogP contribution in [0, 0.1) is 0 Å². The average molecular weight is 917 g/mol. The molecule has 6 heteroatoms. The van der Waals surface area contributed by atoms with Crippen LogP contribution in [0.15, 0.2) is 97.2 Å². The van der Waals surface area contributed by atoms with Gasteiger partial charge in [-0.1, -0.05) is 221 Å². The van der Waals surface area contributed by atoms with E-state index in [1.807, 2.05) is 0 Å². The molecule has 1 unspecified atom stereocenters. The van der Waals surface area contributed by atoms with Gasteiger partial charge < -0.3 is 14.2 Å². The minimum Gasteiger partial charge on any atom is -0.462 e. The predicted octanol–water partition coefficient (Wildman–Crippen LogP) is 18.1. The van der Waals surface area contributed by atoms with Crippen LogP contribution in [0.2, 0.25) is 0 Å². The number of rotatable bonds is 48. The molecule has 376 valence electrons. The lowest BCUT2D eigenvalue weighted by Gasteiger charge is -2.18. The Bertz CT molecular complexity index is 1330. The molecular formula is C60H100O6. The standard InChI is InChI=1S/C60H100O6/c1-4-7-10-13-15-17-19-21-23-25-27-28-29-30-31-32-33-35-36-38-40-42-44-47-50-53-59(62)65-56-57(55-64-58(61)52-49-46-12-9-6-3)66-60(63)54-51-48-45-43-41-39-37-34-26-24-22-20-18-16-14-11-8-5-2/h7,10,15,17-18,20-21,23-24,26-28,30-31,33,35,57H,4-6,8-9,11-14,16,19,22,25,29,32,34,36-56H2,1-3H3/b10-7-,17-15-,20-18-,23-21-,26-24-,28-27-,31-30-,35-33-. The fourth-order valence-electron chi connectivity index (χ4n) is 7.24. The largest absolute Gasteiger partial charge is 0.462 e. The van der Waals surface area contributed by atoms with Crippen molar-refractivity contribution in [2.24, 2.45) is 0 Å². The molecule has 0 spiro atoms. The maximum Gasteiger partial charge on any atom is 0.306 e. The van der Waals surface area contributed by atoms with Gasteiger partial charge in [-0.05, 0) is 103 Å². The van der Waals surface area contributed by atoms with E-state index in [2.05, 4.69) is 118 Å². The quantitative estimate of drug-likeness (QED) is 0.0262. The lowest BCUT2D eigenvalue weighted by atomic mass is 10.1. The third-order valence-corrected chi connectivity index (χ3v) is 11.3. The number of ether oxygens (including phenoxy) is 3. The molecule has 0 aromatic heterocycles. The molecule has 0 aromatic rings. The highest BCUT2D eigenvalue weighted by molar-refractivity contribution is 5.71. The van der Waals surface area contributed by atoms with E-state index in [1.54, 1.807) is 0 Å². The van der Waals surface area contributed by atoms with Crippen molar-refractivity contribution in [2.45, 2.75) is 252 Å². The minimum atomic E-state index is -0.785. The van der Waals surface area contributed by atoms with E-state index in [9.17, 15) is 14.4 Å². The molecular weight excluding hydrogens is 817 g/mol. The lowest BCUT2D eigenvalue weighted by molar-refractivity contribution is -0.167. The fraction of sp³-hybridized carbons (Fsp3) is 0.683. The number of carbonyl (C=O) groups excluding carboxylic acids is 3. The number of hydrogen-bond donors (Lipinski definition) is 0. The van der Waals surface area contributed by atoms with Crippen molar-refractivity contribution < 1.29 is 28.6 Å². The van der Waals surface area contributed by atoms with E-state index in [-0.39, 0.29) is 31.1 Å². The summed E-state index contributed by atoms with van der Waals surface area (Å²) in [4.78, 5) is 37.7. The second kappa shape index (κ2) is 53.9. The maximum atomic E-state index is 12.8. The van der Waals surface area contributed by atoms with Crippen LogP contribution in [0.3, 0.4) is 0 Å². The summed E-state index contributed by atoms with van der Waals surface area (Å²) in [6, 6.07) is 0. The third-order valence-electron chi connectivity index (χ3n) is 11.3. The summed E-state index contributed by atoms with van der Waals surface area (Å²) >= 11 is 0. The van der Waals surface area contributed by atoms with Crippen molar-refractivity contribution in [1.29, 1.82) is 0 Å². The minimum absolute atomic E-state index is 0.0869. The first-order chi connectivity index (χ1) is 32.5. The van der Waals surface area contributed by atoms with E-state index < -0.39 is 6.10 Å². The summed E-state index contributed by atoms with van der Waals surface area (Å²) in [5, 5.41) is 0. The van der Waals surface area contributed by atoms with E-state index in [0.29, 0.717) is 19.3 Å². The highest BCUT2D eigenvalue weighted by Gasteiger charge is 2.19. The van der Waals surface area contributed by atoms with Crippen molar-refractivity contribution in [3.63, 3.8) is 0 Å². The number of hydrogen-bond acceptors (Lipinski definition) is 6. The normalized spacial score (nSPS) is 12.8. The molecule has 0 bridgehead atoms. The smallest absolute Gasteiger partial charge is 0.306 e. The monoisotopic (exact) mass is 917 g/mol. The van der Waals surface area contributed by atoms with Gasteiger partial charge in [0.2, 0.25) is 0 Å². The van der Waals surface area contributed by atoms with E-state index in [1.165, 1.54) is 77.0 Å². The summed E-state index contributed by atoms with van der Waals surface area (Å²) in [6.45, 7) is 6.40. The first-order valence-corrected chi connectivity index (χ1v) is 27.2. The van der Waals surface area contributed by atoms with Crippen LogP contribution in [0.1, 0.15) is 245 Å². The average Bonchev–Trinajstić information content (AvgIpc) is 3.31. The highest BCUT2D eigenvalue weighted by Crippen LogP contribution is 2.14. The molecule has 0 aromatic carbocycles. The van der Waals surface area contributed by atoms with Crippen LogP contribution in [0.4, 0.5) is 0 Å². The van der Waals surface area contributed by atoms with Crippen molar-refractivity contribution >= 4 is 17.9 Å². The first kappa shape index (κ1) is 62.3. The van der Waals surface area contributed by atoms with Crippen LogP contribution < -0.4 is 0 Å². The molecule has 66 heavy (non-hydrogen) atoms. The van der Waals surface area contributed by atoms with Gasteiger partial charge in [-0.3, -0.25) is 14.4 Å². The zero-order valence-corrected chi connectivity index (χ0v) is 42.9. The van der Waals surface area contributed by atoms with Gasteiger partial charge in [0.15, 0.2) is 6.10 Å². The second-order valence-electron chi connectivity index (χ2n) is 17.8. The molecule has 0 fully saturated rings. The van der Waals surface area contributed by atoms with E-state index in [0.717, 1.165) is 128 Å². The molecule has 6 nitrogen and oxygen atoms in total. The predicted molar refractivity (Wildman–Crippen MR) is 284 cm³/mol.